The first-order valence-corrected chi connectivity index (χ1v) is 7.41. The minimum absolute atomic E-state index is 0.0641. The van der Waals surface area contributed by atoms with Crippen molar-refractivity contribution in [1.82, 2.24) is 4.98 Å². The number of nitrogens with zero attached hydrogens (tertiary/aromatic N) is 1. The second-order valence-electron chi connectivity index (χ2n) is 4.32. The van der Waals surface area contributed by atoms with Crippen LogP contribution in [0, 0.1) is 5.82 Å². The molecule has 100 valence electrons. The first-order valence-electron chi connectivity index (χ1n) is 5.93. The molecule has 3 aromatic rings. The molecule has 0 N–H and O–H groups in total. The van der Waals surface area contributed by atoms with Crippen molar-refractivity contribution in [2.45, 2.75) is 9.79 Å². The molecule has 0 spiro atoms. The summed E-state index contributed by atoms with van der Waals surface area (Å²) in [5.41, 5.74) is 0.607. The molecular weight excluding hydrogens is 277 g/mol. The van der Waals surface area contributed by atoms with Gasteiger partial charge in [0.25, 0.3) is 0 Å². The van der Waals surface area contributed by atoms with E-state index >= 15 is 0 Å². The molecule has 0 fully saturated rings. The van der Waals surface area contributed by atoms with Crippen LogP contribution in [0.3, 0.4) is 0 Å². The highest BCUT2D eigenvalue weighted by Gasteiger charge is 2.18. The van der Waals surface area contributed by atoms with E-state index in [0.717, 1.165) is 17.5 Å². The number of benzene rings is 2. The SMILES string of the molecule is O=S(=O)(c1ccc(F)cc1)c1ccc2cccnc2c1. The van der Waals surface area contributed by atoms with Crippen molar-refractivity contribution in [3.05, 3.63) is 66.6 Å². The Kier molecular flexibility index (Phi) is 2.99. The van der Waals surface area contributed by atoms with Crippen molar-refractivity contribution in [2.75, 3.05) is 0 Å². The van der Waals surface area contributed by atoms with Crippen LogP contribution in [0.15, 0.2) is 70.6 Å². The Labute approximate surface area is 115 Å². The van der Waals surface area contributed by atoms with Gasteiger partial charge in [-0.25, -0.2) is 12.8 Å². The standard InChI is InChI=1S/C15H10FNO2S/c16-12-4-7-13(8-5-12)20(18,19)14-6-3-11-2-1-9-17-15(11)10-14/h1-10H. The van der Waals surface area contributed by atoms with Gasteiger partial charge >= 0.3 is 0 Å². The maximum absolute atomic E-state index is 12.9. The minimum atomic E-state index is -3.65. The normalized spacial score (nSPS) is 11.7. The first kappa shape index (κ1) is 12.7. The largest absolute Gasteiger partial charge is 0.256 e. The van der Waals surface area contributed by atoms with Gasteiger partial charge in [0.2, 0.25) is 9.84 Å². The predicted molar refractivity (Wildman–Crippen MR) is 73.6 cm³/mol. The second-order valence-corrected chi connectivity index (χ2v) is 6.26. The van der Waals surface area contributed by atoms with Crippen molar-refractivity contribution in [3.8, 4) is 0 Å². The summed E-state index contributed by atoms with van der Waals surface area (Å²) in [4.78, 5) is 4.35. The van der Waals surface area contributed by atoms with Gasteiger partial charge in [0.05, 0.1) is 15.3 Å². The Balaban J connectivity index is 2.15. The lowest BCUT2D eigenvalue weighted by molar-refractivity contribution is 0.595. The lowest BCUT2D eigenvalue weighted by Gasteiger charge is -2.05. The Hall–Kier alpha value is -2.27. The van der Waals surface area contributed by atoms with E-state index in [4.69, 9.17) is 0 Å². The molecule has 0 amide bonds. The molecule has 5 heteroatoms. The molecule has 20 heavy (non-hydrogen) atoms. The van der Waals surface area contributed by atoms with Gasteiger partial charge in [-0.2, -0.15) is 0 Å². The van der Waals surface area contributed by atoms with Crippen molar-refractivity contribution in [2.24, 2.45) is 0 Å². The van der Waals surface area contributed by atoms with Gasteiger partial charge in [-0.1, -0.05) is 12.1 Å². The third-order valence-electron chi connectivity index (χ3n) is 3.01. The third-order valence-corrected chi connectivity index (χ3v) is 4.78. The summed E-state index contributed by atoms with van der Waals surface area (Å²) in [7, 11) is -3.65. The van der Waals surface area contributed by atoms with Crippen molar-refractivity contribution < 1.29 is 12.8 Å². The summed E-state index contributed by atoms with van der Waals surface area (Å²) >= 11 is 0. The van der Waals surface area contributed by atoms with E-state index in [9.17, 15) is 12.8 Å². The topological polar surface area (TPSA) is 47.0 Å². The molecule has 2 aromatic carbocycles. The van der Waals surface area contributed by atoms with Gasteiger partial charge in [-0.15, -0.1) is 0 Å². The number of hydrogen-bond donors (Lipinski definition) is 0. The average Bonchev–Trinajstić information content (AvgIpc) is 2.47. The quantitative estimate of drug-likeness (QED) is 0.680. The highest BCUT2D eigenvalue weighted by molar-refractivity contribution is 7.91. The van der Waals surface area contributed by atoms with Gasteiger partial charge in [-0.3, -0.25) is 4.98 Å². The van der Waals surface area contributed by atoms with Gasteiger partial charge < -0.3 is 0 Å². The zero-order chi connectivity index (χ0) is 14.2. The fourth-order valence-electron chi connectivity index (χ4n) is 1.96. The lowest BCUT2D eigenvalue weighted by atomic mass is 10.2. The minimum Gasteiger partial charge on any atom is -0.256 e. The highest BCUT2D eigenvalue weighted by Crippen LogP contribution is 2.23. The van der Waals surface area contributed by atoms with Gasteiger partial charge in [0, 0.05) is 11.6 Å². The number of aromatic nitrogens is 1. The van der Waals surface area contributed by atoms with E-state index < -0.39 is 15.7 Å². The predicted octanol–water partition coefficient (Wildman–Crippen LogP) is 3.21. The fraction of sp³-hybridized carbons (Fsp3) is 0. The Bertz CT molecular complexity index is 874. The maximum atomic E-state index is 12.9. The van der Waals surface area contributed by atoms with E-state index in [-0.39, 0.29) is 9.79 Å². The van der Waals surface area contributed by atoms with Crippen molar-refractivity contribution in [1.29, 1.82) is 0 Å². The number of hydrogen-bond acceptors (Lipinski definition) is 3. The highest BCUT2D eigenvalue weighted by atomic mass is 32.2. The molecule has 0 atom stereocenters. The molecule has 0 aliphatic rings. The number of pyridine rings is 1. The van der Waals surface area contributed by atoms with E-state index in [1.54, 1.807) is 18.3 Å². The molecule has 3 rings (SSSR count). The van der Waals surface area contributed by atoms with Crippen LogP contribution in [-0.4, -0.2) is 13.4 Å². The Morgan fingerprint density at radius 1 is 0.900 bits per heavy atom. The molecule has 0 aliphatic carbocycles. The maximum Gasteiger partial charge on any atom is 0.206 e. The van der Waals surface area contributed by atoms with Crippen LogP contribution >= 0.6 is 0 Å². The van der Waals surface area contributed by atoms with Crippen LogP contribution in [0.5, 0.6) is 0 Å². The zero-order valence-corrected chi connectivity index (χ0v) is 11.1. The Morgan fingerprint density at radius 2 is 1.60 bits per heavy atom. The molecule has 0 bridgehead atoms. The van der Waals surface area contributed by atoms with E-state index in [1.807, 2.05) is 6.07 Å². The van der Waals surface area contributed by atoms with Gasteiger partial charge in [0.1, 0.15) is 5.82 Å². The molecule has 0 radical (unpaired) electrons. The molecule has 0 unspecified atom stereocenters. The van der Waals surface area contributed by atoms with Crippen LogP contribution in [0.4, 0.5) is 4.39 Å². The summed E-state index contributed by atoms with van der Waals surface area (Å²) < 4.78 is 37.8. The van der Waals surface area contributed by atoms with E-state index in [0.29, 0.717) is 5.52 Å². The summed E-state index contributed by atoms with van der Waals surface area (Å²) in [6.07, 6.45) is 1.61. The van der Waals surface area contributed by atoms with Gasteiger partial charge in [0.15, 0.2) is 0 Å². The zero-order valence-electron chi connectivity index (χ0n) is 10.3. The van der Waals surface area contributed by atoms with Crippen LogP contribution in [0.1, 0.15) is 0 Å². The monoisotopic (exact) mass is 287 g/mol. The average molecular weight is 287 g/mol. The molecule has 0 saturated carbocycles. The number of fused-ring (bicyclic) bond motifs is 1. The second kappa shape index (κ2) is 4.68. The van der Waals surface area contributed by atoms with E-state index in [2.05, 4.69) is 4.98 Å². The van der Waals surface area contributed by atoms with E-state index in [1.165, 1.54) is 24.3 Å². The van der Waals surface area contributed by atoms with Crippen molar-refractivity contribution in [3.63, 3.8) is 0 Å². The van der Waals surface area contributed by atoms with Crippen LogP contribution in [0.25, 0.3) is 10.9 Å². The lowest BCUT2D eigenvalue weighted by Crippen LogP contribution is -2.02. The third kappa shape index (κ3) is 2.16. The fourth-order valence-corrected chi connectivity index (χ4v) is 3.24. The first-order chi connectivity index (χ1) is 9.57. The number of rotatable bonds is 2. The van der Waals surface area contributed by atoms with Crippen LogP contribution < -0.4 is 0 Å². The molecule has 0 saturated heterocycles. The number of halogens is 1. The molecular formula is C15H10FNO2S. The van der Waals surface area contributed by atoms with Crippen LogP contribution in [-0.2, 0) is 9.84 Å². The van der Waals surface area contributed by atoms with Crippen LogP contribution in [0.2, 0.25) is 0 Å². The summed E-state index contributed by atoms with van der Waals surface area (Å²) in [6.45, 7) is 0. The summed E-state index contributed by atoms with van der Waals surface area (Å²) in [5.74, 6) is -0.468. The molecule has 1 aromatic heterocycles. The smallest absolute Gasteiger partial charge is 0.206 e. The molecule has 1 heterocycles. The van der Waals surface area contributed by atoms with Gasteiger partial charge in [-0.05, 0) is 42.5 Å². The summed E-state index contributed by atoms with van der Waals surface area (Å²) in [5, 5.41) is 0.866. The van der Waals surface area contributed by atoms with Crippen molar-refractivity contribution >= 4 is 20.7 Å². The molecule has 3 nitrogen and oxygen atoms in total. The molecule has 0 aliphatic heterocycles. The number of sulfone groups is 1. The summed E-state index contributed by atoms with van der Waals surface area (Å²) in [6, 6.07) is 13.2. The Morgan fingerprint density at radius 3 is 2.35 bits per heavy atom.